The molecule has 0 unspecified atom stereocenters. The van der Waals surface area contributed by atoms with Crippen LogP contribution >= 0.6 is 11.3 Å². The van der Waals surface area contributed by atoms with E-state index in [2.05, 4.69) is 44.6 Å². The molecule has 4 aromatic rings. The van der Waals surface area contributed by atoms with E-state index < -0.39 is 19.8 Å². The maximum Gasteiger partial charge on any atom is 0.419 e. The molecule has 0 fully saturated rings. The number of rotatable bonds is 10. The van der Waals surface area contributed by atoms with Crippen molar-refractivity contribution >= 4 is 25.2 Å². The third-order valence-electron chi connectivity index (χ3n) is 5.49. The van der Waals surface area contributed by atoms with E-state index in [1.54, 1.807) is 13.0 Å². The Morgan fingerprint density at radius 3 is 2.55 bits per heavy atom. The van der Waals surface area contributed by atoms with Crippen LogP contribution in [-0.2, 0) is 24.3 Å². The second-order valence-electron chi connectivity index (χ2n) is 10.1. The molecule has 3 aromatic heterocycles. The summed E-state index contributed by atoms with van der Waals surface area (Å²) in [6, 6.07) is 7.42. The Kier molecular flexibility index (Phi) is 9.13. The molecule has 212 valence electrons. The van der Waals surface area contributed by atoms with Gasteiger partial charge < -0.3 is 14.6 Å². The summed E-state index contributed by atoms with van der Waals surface area (Å²) in [5.41, 5.74) is 0.473. The molecule has 1 N–H and O–H groups in total. The van der Waals surface area contributed by atoms with Gasteiger partial charge in [0.2, 0.25) is 0 Å². The Balaban J connectivity index is 1.68. The average Bonchev–Trinajstić information content (AvgIpc) is 3.28. The topological polar surface area (TPSA) is 108 Å². The van der Waals surface area contributed by atoms with Crippen molar-refractivity contribution in [2.75, 3.05) is 6.61 Å². The van der Waals surface area contributed by atoms with Crippen molar-refractivity contribution in [1.29, 1.82) is 0 Å². The fraction of sp³-hybridized carbons (Fsp3) is 0.346. The van der Waals surface area contributed by atoms with Gasteiger partial charge in [-0.2, -0.15) is 23.1 Å². The number of aryl methyl sites for hydroxylation is 1. The number of benzene rings is 1. The molecule has 9 nitrogen and oxygen atoms in total. The van der Waals surface area contributed by atoms with E-state index >= 15 is 0 Å². The number of aliphatic hydroxyl groups is 1. The lowest BCUT2D eigenvalue weighted by Crippen LogP contribution is -2.23. The smallest absolute Gasteiger partial charge is 0.419 e. The highest BCUT2D eigenvalue weighted by Gasteiger charge is 2.34. The second kappa shape index (κ2) is 12.4. The van der Waals surface area contributed by atoms with Crippen LogP contribution in [0, 0.1) is 6.92 Å². The first-order valence-corrected chi connectivity index (χ1v) is 16.9. The third kappa shape index (κ3) is 8.03. The van der Waals surface area contributed by atoms with Gasteiger partial charge in [0.1, 0.15) is 12.5 Å². The fourth-order valence-electron chi connectivity index (χ4n) is 3.41. The molecule has 0 aliphatic heterocycles. The highest BCUT2D eigenvalue weighted by atomic mass is 32.1. The molecular formula is C26H29F3N6O3SSi. The number of aliphatic hydroxyl groups excluding tert-OH is 1. The van der Waals surface area contributed by atoms with Crippen LogP contribution in [0.4, 0.5) is 19.0 Å². The van der Waals surface area contributed by atoms with Crippen molar-refractivity contribution in [1.82, 2.24) is 24.5 Å². The quantitative estimate of drug-likeness (QED) is 0.180. The number of ether oxygens (including phenoxy) is 2. The highest BCUT2D eigenvalue weighted by molar-refractivity contribution is 7.12. The summed E-state index contributed by atoms with van der Waals surface area (Å²) < 4.78 is 53.7. The summed E-state index contributed by atoms with van der Waals surface area (Å²) >= 11 is 1.29. The predicted octanol–water partition coefficient (Wildman–Crippen LogP) is 5.95. The first-order valence-electron chi connectivity index (χ1n) is 12.4. The van der Waals surface area contributed by atoms with E-state index in [0.29, 0.717) is 39.2 Å². The summed E-state index contributed by atoms with van der Waals surface area (Å²) in [6.45, 7) is 9.12. The standard InChI is InChI=1S/C26H29F3N6O3SSi/c1-17-11-20(33-24(32-17)38-21-8-6-5-7-19(21)26(27,28)29)22-14-35(16-37-9-10-40(2,3)4)25(39-22)34-23-13-30-18(15-36)12-31-23/h5-8,11-14,36H,9-10,15-16H2,1-4H3/b34-25-. The van der Waals surface area contributed by atoms with Gasteiger partial charge >= 0.3 is 12.2 Å². The van der Waals surface area contributed by atoms with Crippen molar-refractivity contribution in [2.45, 2.75) is 52.1 Å². The lowest BCUT2D eigenvalue weighted by molar-refractivity contribution is -0.138. The molecule has 0 aliphatic carbocycles. The monoisotopic (exact) mass is 590 g/mol. The van der Waals surface area contributed by atoms with E-state index in [-0.39, 0.29) is 25.1 Å². The zero-order valence-electron chi connectivity index (χ0n) is 22.4. The zero-order chi connectivity index (χ0) is 28.9. The average molecular weight is 591 g/mol. The maximum absolute atomic E-state index is 13.5. The zero-order valence-corrected chi connectivity index (χ0v) is 24.3. The number of alkyl halides is 3. The Morgan fingerprint density at radius 2 is 1.88 bits per heavy atom. The molecule has 0 aliphatic rings. The van der Waals surface area contributed by atoms with E-state index in [9.17, 15) is 18.3 Å². The predicted molar refractivity (Wildman–Crippen MR) is 147 cm³/mol. The van der Waals surface area contributed by atoms with Gasteiger partial charge in [0.05, 0.1) is 40.8 Å². The van der Waals surface area contributed by atoms with Crippen molar-refractivity contribution in [3.63, 3.8) is 0 Å². The molecule has 0 bridgehead atoms. The molecule has 0 amide bonds. The van der Waals surface area contributed by atoms with Crippen LogP contribution in [-0.4, -0.2) is 44.3 Å². The van der Waals surface area contributed by atoms with Crippen LogP contribution in [0.5, 0.6) is 11.8 Å². The van der Waals surface area contributed by atoms with Crippen LogP contribution in [0.15, 0.2) is 53.9 Å². The molecule has 3 heterocycles. The number of hydrogen-bond acceptors (Lipinski definition) is 9. The number of para-hydroxylation sites is 1. The van der Waals surface area contributed by atoms with Crippen LogP contribution in [0.1, 0.15) is 17.0 Å². The minimum atomic E-state index is -4.59. The van der Waals surface area contributed by atoms with E-state index in [1.807, 2.05) is 10.8 Å². The minimum Gasteiger partial charge on any atom is -0.424 e. The first kappa shape index (κ1) is 29.5. The van der Waals surface area contributed by atoms with Crippen LogP contribution in [0.3, 0.4) is 0 Å². The molecular weight excluding hydrogens is 561 g/mol. The Hall–Kier alpha value is -3.46. The Morgan fingerprint density at radius 1 is 1.10 bits per heavy atom. The summed E-state index contributed by atoms with van der Waals surface area (Å²) in [4.78, 5) is 22.8. The molecule has 1 aromatic carbocycles. The second-order valence-corrected chi connectivity index (χ2v) is 16.7. The van der Waals surface area contributed by atoms with Gasteiger partial charge in [-0.25, -0.2) is 9.97 Å². The Labute approximate surface area is 234 Å². The van der Waals surface area contributed by atoms with Gasteiger partial charge in [-0.15, -0.1) is 0 Å². The summed E-state index contributed by atoms with van der Waals surface area (Å²) in [5, 5.41) is 9.24. The van der Waals surface area contributed by atoms with E-state index in [0.717, 1.165) is 12.1 Å². The highest BCUT2D eigenvalue weighted by Crippen LogP contribution is 2.37. The molecule has 4 rings (SSSR count). The molecule has 0 atom stereocenters. The van der Waals surface area contributed by atoms with Gasteiger partial charge in [-0.05, 0) is 31.2 Å². The number of thiazole rings is 1. The minimum absolute atomic E-state index is 0.206. The lowest BCUT2D eigenvalue weighted by atomic mass is 10.2. The van der Waals surface area contributed by atoms with Gasteiger partial charge in [-0.1, -0.05) is 43.1 Å². The SMILES string of the molecule is Cc1cc(-c2cn(COCC[Si](C)(C)C)/c(=N/c3cnc(CO)cn3)s2)nc(Oc2ccccc2C(F)(F)F)n1. The van der Waals surface area contributed by atoms with Crippen LogP contribution in [0.25, 0.3) is 10.6 Å². The third-order valence-corrected chi connectivity index (χ3v) is 8.24. The lowest BCUT2D eigenvalue weighted by Gasteiger charge is -2.15. The molecule has 0 spiro atoms. The molecule has 0 saturated heterocycles. The van der Waals surface area contributed by atoms with E-state index in [1.165, 1.54) is 41.9 Å². The first-order chi connectivity index (χ1) is 18.9. The molecule has 40 heavy (non-hydrogen) atoms. The number of hydrogen-bond donors (Lipinski definition) is 1. The van der Waals surface area contributed by atoms with Crippen LogP contribution in [0.2, 0.25) is 25.7 Å². The Bertz CT molecular complexity index is 1520. The summed E-state index contributed by atoms with van der Waals surface area (Å²) in [6.07, 6.45) is 0.119. The normalized spacial score (nSPS) is 12.7. The largest absolute Gasteiger partial charge is 0.424 e. The summed E-state index contributed by atoms with van der Waals surface area (Å²) in [5.74, 6) is -0.0442. The molecule has 0 radical (unpaired) electrons. The summed E-state index contributed by atoms with van der Waals surface area (Å²) in [7, 11) is -1.28. The molecule has 0 saturated carbocycles. The van der Waals surface area contributed by atoms with Crippen molar-refractivity contribution in [3.05, 3.63) is 70.7 Å². The maximum atomic E-state index is 13.5. The van der Waals surface area contributed by atoms with Crippen molar-refractivity contribution in [3.8, 4) is 22.3 Å². The van der Waals surface area contributed by atoms with Gasteiger partial charge in [0, 0.05) is 26.6 Å². The van der Waals surface area contributed by atoms with Gasteiger partial charge in [-0.3, -0.25) is 9.55 Å². The van der Waals surface area contributed by atoms with E-state index in [4.69, 9.17) is 9.47 Å². The number of nitrogens with zero attached hydrogens (tertiary/aromatic N) is 6. The van der Waals surface area contributed by atoms with Gasteiger partial charge in [0.15, 0.2) is 10.6 Å². The number of halogens is 3. The fourth-order valence-corrected chi connectivity index (χ4v) is 5.11. The van der Waals surface area contributed by atoms with Crippen molar-refractivity contribution < 1.29 is 27.8 Å². The van der Waals surface area contributed by atoms with Crippen LogP contribution < -0.4 is 9.54 Å². The van der Waals surface area contributed by atoms with Crippen molar-refractivity contribution in [2.24, 2.45) is 4.99 Å². The number of aromatic nitrogens is 5. The van der Waals surface area contributed by atoms with Gasteiger partial charge in [0.25, 0.3) is 0 Å². The molecule has 14 heteroatoms.